The molecule has 0 aliphatic rings. The van der Waals surface area contributed by atoms with E-state index in [1.54, 1.807) is 0 Å². The molecule has 0 aliphatic heterocycles. The highest BCUT2D eigenvalue weighted by Crippen LogP contribution is 2.16. The fourth-order valence-electron chi connectivity index (χ4n) is 1.38. The van der Waals surface area contributed by atoms with Gasteiger partial charge in [-0.15, -0.1) is 0 Å². The molecule has 7 heteroatoms. The van der Waals surface area contributed by atoms with Crippen LogP contribution >= 0.6 is 15.9 Å². The van der Waals surface area contributed by atoms with Gasteiger partial charge in [0, 0.05) is 17.9 Å². The van der Waals surface area contributed by atoms with Gasteiger partial charge in [-0.25, -0.2) is 13.4 Å². The van der Waals surface area contributed by atoms with Gasteiger partial charge >= 0.3 is 0 Å². The van der Waals surface area contributed by atoms with Crippen LogP contribution in [0.2, 0.25) is 0 Å². The zero-order valence-corrected chi connectivity index (χ0v) is 11.8. The highest BCUT2D eigenvalue weighted by Gasteiger charge is 2.27. The first kappa shape index (κ1) is 13.7. The van der Waals surface area contributed by atoms with E-state index in [9.17, 15) is 8.42 Å². The van der Waals surface area contributed by atoms with Gasteiger partial charge in [0.15, 0.2) is 5.03 Å². The molecular weight excluding hydrogens is 294 g/mol. The van der Waals surface area contributed by atoms with Crippen LogP contribution in [0.1, 0.15) is 20.3 Å². The molecule has 5 nitrogen and oxygen atoms in total. The predicted molar refractivity (Wildman–Crippen MR) is 66.0 cm³/mol. The Bertz CT molecular complexity index is 402. The molecule has 1 aromatic rings. The summed E-state index contributed by atoms with van der Waals surface area (Å²) in [5.41, 5.74) is 0. The van der Waals surface area contributed by atoms with Crippen LogP contribution in [0.4, 0.5) is 0 Å². The van der Waals surface area contributed by atoms with Crippen molar-refractivity contribution in [3.63, 3.8) is 0 Å². The standard InChI is InChI=1S/C9H16BrN3O2S/c1-8(2)13(5-3-4-10)16(14,15)9-6-11-7-12-9/h6-8H,3-5H2,1-2H3,(H,11,12). The average molecular weight is 310 g/mol. The van der Waals surface area contributed by atoms with Crippen LogP contribution in [0, 0.1) is 0 Å². The van der Waals surface area contributed by atoms with Gasteiger partial charge in [0.1, 0.15) is 0 Å². The number of imidazole rings is 1. The normalized spacial score (nSPS) is 12.6. The molecule has 0 amide bonds. The fourth-order valence-corrected chi connectivity index (χ4v) is 3.21. The second kappa shape index (κ2) is 5.79. The number of hydrogen-bond acceptors (Lipinski definition) is 3. The SMILES string of the molecule is CC(C)N(CCCBr)S(=O)(=O)c1cnc[nH]1. The summed E-state index contributed by atoms with van der Waals surface area (Å²) in [7, 11) is -3.43. The first-order chi connectivity index (χ1) is 7.50. The summed E-state index contributed by atoms with van der Waals surface area (Å²) in [4.78, 5) is 6.38. The Morgan fingerprint density at radius 1 is 1.56 bits per heavy atom. The molecule has 1 aromatic heterocycles. The van der Waals surface area contributed by atoms with E-state index in [4.69, 9.17) is 0 Å². The lowest BCUT2D eigenvalue weighted by Gasteiger charge is -2.24. The summed E-state index contributed by atoms with van der Waals surface area (Å²) in [6.07, 6.45) is 3.49. The lowest BCUT2D eigenvalue weighted by molar-refractivity contribution is 0.354. The minimum absolute atomic E-state index is 0.0626. The maximum Gasteiger partial charge on any atom is 0.260 e. The Morgan fingerprint density at radius 2 is 2.25 bits per heavy atom. The summed E-state index contributed by atoms with van der Waals surface area (Å²) >= 11 is 3.30. The van der Waals surface area contributed by atoms with Crippen LogP contribution < -0.4 is 0 Å². The van der Waals surface area contributed by atoms with Crippen molar-refractivity contribution in [3.8, 4) is 0 Å². The van der Waals surface area contributed by atoms with Gasteiger partial charge in [0.2, 0.25) is 0 Å². The Labute approximate surface area is 104 Å². The molecule has 1 heterocycles. The largest absolute Gasteiger partial charge is 0.335 e. The lowest BCUT2D eigenvalue weighted by Crippen LogP contribution is -2.38. The predicted octanol–water partition coefficient (Wildman–Crippen LogP) is 1.59. The van der Waals surface area contributed by atoms with Gasteiger partial charge in [-0.2, -0.15) is 4.31 Å². The molecule has 0 spiro atoms. The van der Waals surface area contributed by atoms with E-state index < -0.39 is 10.0 Å². The fraction of sp³-hybridized carbons (Fsp3) is 0.667. The maximum atomic E-state index is 12.2. The van der Waals surface area contributed by atoms with Crippen molar-refractivity contribution in [2.75, 3.05) is 11.9 Å². The third-order valence-electron chi connectivity index (χ3n) is 2.15. The van der Waals surface area contributed by atoms with Gasteiger partial charge < -0.3 is 4.98 Å². The molecule has 0 atom stereocenters. The first-order valence-electron chi connectivity index (χ1n) is 5.06. The number of nitrogens with zero attached hydrogens (tertiary/aromatic N) is 2. The maximum absolute atomic E-state index is 12.2. The molecule has 0 radical (unpaired) electrons. The number of aromatic nitrogens is 2. The molecule has 0 bridgehead atoms. The molecular formula is C9H16BrN3O2S. The quantitative estimate of drug-likeness (QED) is 0.812. The van der Waals surface area contributed by atoms with Crippen LogP contribution in [-0.4, -0.2) is 40.6 Å². The molecule has 1 rings (SSSR count). The number of sulfonamides is 1. The van der Waals surface area contributed by atoms with Crippen LogP contribution in [0.15, 0.2) is 17.6 Å². The zero-order chi connectivity index (χ0) is 12.2. The monoisotopic (exact) mass is 309 g/mol. The molecule has 0 fully saturated rings. The number of hydrogen-bond donors (Lipinski definition) is 1. The van der Waals surface area contributed by atoms with Crippen LogP contribution in [0.5, 0.6) is 0 Å². The van der Waals surface area contributed by atoms with Gasteiger partial charge in [-0.05, 0) is 20.3 Å². The Balaban J connectivity index is 2.94. The van der Waals surface area contributed by atoms with Crippen molar-refractivity contribution in [3.05, 3.63) is 12.5 Å². The summed E-state index contributed by atoms with van der Waals surface area (Å²) in [6.45, 7) is 4.23. The van der Waals surface area contributed by atoms with Crippen molar-refractivity contribution in [2.45, 2.75) is 31.3 Å². The summed E-state index contributed by atoms with van der Waals surface area (Å²) < 4.78 is 25.8. The van der Waals surface area contributed by atoms with Gasteiger partial charge in [0.05, 0.1) is 12.5 Å². The van der Waals surface area contributed by atoms with Crippen LogP contribution in [-0.2, 0) is 10.0 Å². The Hall–Kier alpha value is -0.400. The van der Waals surface area contributed by atoms with Crippen molar-refractivity contribution < 1.29 is 8.42 Å². The topological polar surface area (TPSA) is 66.1 Å². The van der Waals surface area contributed by atoms with Crippen molar-refractivity contribution >= 4 is 26.0 Å². The summed E-state index contributed by atoms with van der Waals surface area (Å²) in [5.74, 6) is 0. The number of rotatable bonds is 6. The van der Waals surface area contributed by atoms with E-state index in [0.29, 0.717) is 6.54 Å². The molecule has 0 saturated carbocycles. The van der Waals surface area contributed by atoms with Crippen molar-refractivity contribution in [1.29, 1.82) is 0 Å². The number of nitrogens with one attached hydrogen (secondary N) is 1. The van der Waals surface area contributed by atoms with E-state index in [0.717, 1.165) is 11.8 Å². The molecule has 0 saturated heterocycles. The number of halogens is 1. The third kappa shape index (κ3) is 3.05. The number of H-pyrrole nitrogens is 1. The number of alkyl halides is 1. The van der Waals surface area contributed by atoms with Gasteiger partial charge in [-0.1, -0.05) is 15.9 Å². The third-order valence-corrected chi connectivity index (χ3v) is 4.71. The summed E-state index contributed by atoms with van der Waals surface area (Å²) in [5, 5.41) is 0.935. The second-order valence-electron chi connectivity index (χ2n) is 3.67. The second-order valence-corrected chi connectivity index (χ2v) is 6.32. The molecule has 16 heavy (non-hydrogen) atoms. The highest BCUT2D eigenvalue weighted by atomic mass is 79.9. The number of aromatic amines is 1. The smallest absolute Gasteiger partial charge is 0.260 e. The van der Waals surface area contributed by atoms with Gasteiger partial charge in [-0.3, -0.25) is 0 Å². The van der Waals surface area contributed by atoms with E-state index in [1.165, 1.54) is 16.8 Å². The zero-order valence-electron chi connectivity index (χ0n) is 9.35. The molecule has 0 aliphatic carbocycles. The van der Waals surface area contributed by atoms with Crippen LogP contribution in [0.3, 0.4) is 0 Å². The molecule has 0 aromatic carbocycles. The van der Waals surface area contributed by atoms with Crippen molar-refractivity contribution in [2.24, 2.45) is 0 Å². The summed E-state index contributed by atoms with van der Waals surface area (Å²) in [6, 6.07) is -0.0626. The van der Waals surface area contributed by atoms with Crippen LogP contribution in [0.25, 0.3) is 0 Å². The molecule has 92 valence electrons. The minimum Gasteiger partial charge on any atom is -0.335 e. The highest BCUT2D eigenvalue weighted by molar-refractivity contribution is 9.09. The minimum atomic E-state index is -3.43. The van der Waals surface area contributed by atoms with Gasteiger partial charge in [0.25, 0.3) is 10.0 Å². The molecule has 0 unspecified atom stereocenters. The Kier molecular flexibility index (Phi) is 4.94. The van der Waals surface area contributed by atoms with Crippen molar-refractivity contribution in [1.82, 2.24) is 14.3 Å². The van der Waals surface area contributed by atoms with E-state index in [-0.39, 0.29) is 11.1 Å². The van der Waals surface area contributed by atoms with E-state index >= 15 is 0 Å². The average Bonchev–Trinajstić information content (AvgIpc) is 2.70. The molecule has 1 N–H and O–H groups in total. The Morgan fingerprint density at radius 3 is 2.69 bits per heavy atom. The lowest BCUT2D eigenvalue weighted by atomic mass is 10.4. The first-order valence-corrected chi connectivity index (χ1v) is 7.62. The van der Waals surface area contributed by atoms with E-state index in [2.05, 4.69) is 25.9 Å². The van der Waals surface area contributed by atoms with E-state index in [1.807, 2.05) is 13.8 Å².